The van der Waals surface area contributed by atoms with Gasteiger partial charge in [0.05, 0.1) is 18.2 Å². The number of ether oxygens (including phenoxy) is 3. The maximum Gasteiger partial charge on any atom is 0.119 e. The molecule has 0 aliphatic heterocycles. The van der Waals surface area contributed by atoms with Gasteiger partial charge in [0.2, 0.25) is 0 Å². The largest absolute Gasteiger partial charge is 0.491 e. The van der Waals surface area contributed by atoms with Crippen molar-refractivity contribution < 1.29 is 14.2 Å². The van der Waals surface area contributed by atoms with E-state index in [2.05, 4.69) is 5.32 Å². The Morgan fingerprint density at radius 2 is 1.95 bits per heavy atom. The Bertz CT molecular complexity index is 405. The third-order valence-electron chi connectivity index (χ3n) is 3.48. The van der Waals surface area contributed by atoms with E-state index in [1.807, 2.05) is 45.0 Å². The van der Waals surface area contributed by atoms with Gasteiger partial charge in [-0.3, -0.25) is 0 Å². The Hall–Kier alpha value is -1.26. The standard InChI is InChI=1S/C16H25NO3/c1-5-19-15-10-14(16(15)18-4)17-12-6-8-13(9-7-12)20-11(2)3/h6-9,11,14-17H,5,10H2,1-4H3. The molecule has 1 aromatic carbocycles. The summed E-state index contributed by atoms with van der Waals surface area (Å²) in [6.07, 6.45) is 1.52. The molecule has 4 heteroatoms. The highest BCUT2D eigenvalue weighted by Gasteiger charge is 2.42. The van der Waals surface area contributed by atoms with E-state index >= 15 is 0 Å². The maximum atomic E-state index is 5.63. The number of anilines is 1. The van der Waals surface area contributed by atoms with Crippen LogP contribution in [0.4, 0.5) is 5.69 Å². The number of rotatable bonds is 7. The zero-order chi connectivity index (χ0) is 14.5. The van der Waals surface area contributed by atoms with Gasteiger partial charge in [-0.25, -0.2) is 0 Å². The SMILES string of the molecule is CCOC1CC(Nc2ccc(OC(C)C)cc2)C1OC. The summed E-state index contributed by atoms with van der Waals surface area (Å²) in [6, 6.07) is 8.37. The minimum absolute atomic E-state index is 0.126. The van der Waals surface area contributed by atoms with Crippen LogP contribution in [-0.2, 0) is 9.47 Å². The molecule has 4 nitrogen and oxygen atoms in total. The third kappa shape index (κ3) is 3.64. The van der Waals surface area contributed by atoms with Gasteiger partial charge in [-0.05, 0) is 51.5 Å². The van der Waals surface area contributed by atoms with Crippen LogP contribution in [0.3, 0.4) is 0 Å². The van der Waals surface area contributed by atoms with Gasteiger partial charge in [-0.15, -0.1) is 0 Å². The van der Waals surface area contributed by atoms with E-state index in [1.54, 1.807) is 7.11 Å². The minimum atomic E-state index is 0.126. The number of nitrogens with one attached hydrogen (secondary N) is 1. The van der Waals surface area contributed by atoms with Crippen molar-refractivity contribution in [3.8, 4) is 5.75 Å². The van der Waals surface area contributed by atoms with Crippen molar-refractivity contribution in [3.05, 3.63) is 24.3 Å². The lowest BCUT2D eigenvalue weighted by Crippen LogP contribution is -2.56. The lowest BCUT2D eigenvalue weighted by atomic mass is 9.85. The molecule has 3 atom stereocenters. The second-order valence-electron chi connectivity index (χ2n) is 5.37. The summed E-state index contributed by atoms with van der Waals surface area (Å²) >= 11 is 0. The van der Waals surface area contributed by atoms with Gasteiger partial charge < -0.3 is 19.5 Å². The molecule has 3 unspecified atom stereocenters. The molecule has 0 spiro atoms. The van der Waals surface area contributed by atoms with Crippen LogP contribution in [0.15, 0.2) is 24.3 Å². The van der Waals surface area contributed by atoms with Crippen LogP contribution in [-0.4, -0.2) is 38.1 Å². The number of hydrogen-bond acceptors (Lipinski definition) is 4. The number of methoxy groups -OCH3 is 1. The van der Waals surface area contributed by atoms with E-state index in [0.29, 0.717) is 6.04 Å². The van der Waals surface area contributed by atoms with Crippen LogP contribution in [0, 0.1) is 0 Å². The lowest BCUT2D eigenvalue weighted by molar-refractivity contribution is -0.118. The van der Waals surface area contributed by atoms with Crippen LogP contribution >= 0.6 is 0 Å². The molecular formula is C16H25NO3. The zero-order valence-electron chi connectivity index (χ0n) is 12.8. The predicted octanol–water partition coefficient (Wildman–Crippen LogP) is 3.08. The smallest absolute Gasteiger partial charge is 0.119 e. The summed E-state index contributed by atoms with van der Waals surface area (Å²) in [4.78, 5) is 0. The highest BCUT2D eigenvalue weighted by atomic mass is 16.5. The van der Waals surface area contributed by atoms with Crippen molar-refractivity contribution in [3.63, 3.8) is 0 Å². The fourth-order valence-corrected chi connectivity index (χ4v) is 2.53. The molecule has 0 radical (unpaired) electrons. The first-order valence-electron chi connectivity index (χ1n) is 7.31. The summed E-state index contributed by atoms with van der Waals surface area (Å²) in [5.41, 5.74) is 1.09. The van der Waals surface area contributed by atoms with Gasteiger partial charge in [-0.2, -0.15) is 0 Å². The monoisotopic (exact) mass is 279 g/mol. The summed E-state index contributed by atoms with van der Waals surface area (Å²) in [6.45, 7) is 6.80. The quantitative estimate of drug-likeness (QED) is 0.832. The van der Waals surface area contributed by atoms with Crippen molar-refractivity contribution in [1.29, 1.82) is 0 Å². The van der Waals surface area contributed by atoms with Crippen LogP contribution in [0.25, 0.3) is 0 Å². The molecule has 20 heavy (non-hydrogen) atoms. The average Bonchev–Trinajstić information content (AvgIpc) is 2.39. The number of benzene rings is 1. The van der Waals surface area contributed by atoms with Crippen LogP contribution < -0.4 is 10.1 Å². The molecule has 1 N–H and O–H groups in total. The van der Waals surface area contributed by atoms with Crippen LogP contribution in [0.1, 0.15) is 27.2 Å². The highest BCUT2D eigenvalue weighted by molar-refractivity contribution is 5.48. The average molecular weight is 279 g/mol. The topological polar surface area (TPSA) is 39.7 Å². The Morgan fingerprint density at radius 3 is 2.50 bits per heavy atom. The third-order valence-corrected chi connectivity index (χ3v) is 3.48. The van der Waals surface area contributed by atoms with Gasteiger partial charge in [0, 0.05) is 19.4 Å². The molecule has 1 aliphatic rings. The lowest BCUT2D eigenvalue weighted by Gasteiger charge is -2.43. The van der Waals surface area contributed by atoms with Crippen LogP contribution in [0.2, 0.25) is 0 Å². The summed E-state index contributed by atoms with van der Waals surface area (Å²) in [5, 5.41) is 3.49. The summed E-state index contributed by atoms with van der Waals surface area (Å²) in [7, 11) is 1.74. The molecule has 1 saturated carbocycles. The van der Waals surface area contributed by atoms with E-state index in [9.17, 15) is 0 Å². The Morgan fingerprint density at radius 1 is 1.25 bits per heavy atom. The Labute approximate surface area is 121 Å². The second-order valence-corrected chi connectivity index (χ2v) is 5.37. The molecule has 1 aliphatic carbocycles. The molecule has 0 amide bonds. The fraction of sp³-hybridized carbons (Fsp3) is 0.625. The van der Waals surface area contributed by atoms with Crippen molar-refractivity contribution in [2.75, 3.05) is 19.0 Å². The molecule has 0 aromatic heterocycles. The fourth-order valence-electron chi connectivity index (χ4n) is 2.53. The normalized spacial score (nSPS) is 25.4. The van der Waals surface area contributed by atoms with Crippen LogP contribution in [0.5, 0.6) is 5.75 Å². The predicted molar refractivity (Wildman–Crippen MR) is 80.4 cm³/mol. The molecule has 0 bridgehead atoms. The first-order chi connectivity index (χ1) is 9.63. The number of hydrogen-bond donors (Lipinski definition) is 1. The van der Waals surface area contributed by atoms with E-state index in [-0.39, 0.29) is 18.3 Å². The van der Waals surface area contributed by atoms with Crippen molar-refractivity contribution in [2.24, 2.45) is 0 Å². The van der Waals surface area contributed by atoms with Crippen molar-refractivity contribution >= 4 is 5.69 Å². The van der Waals surface area contributed by atoms with E-state index < -0.39 is 0 Å². The molecular weight excluding hydrogens is 254 g/mol. The summed E-state index contributed by atoms with van der Waals surface area (Å²) < 4.78 is 16.8. The Balaban J connectivity index is 1.87. The van der Waals surface area contributed by atoms with Gasteiger partial charge in [-0.1, -0.05) is 0 Å². The van der Waals surface area contributed by atoms with E-state index in [4.69, 9.17) is 14.2 Å². The molecule has 2 rings (SSSR count). The van der Waals surface area contributed by atoms with Gasteiger partial charge in [0.1, 0.15) is 11.9 Å². The van der Waals surface area contributed by atoms with Gasteiger partial charge >= 0.3 is 0 Å². The molecule has 112 valence electrons. The molecule has 0 heterocycles. The first-order valence-corrected chi connectivity index (χ1v) is 7.31. The molecule has 0 saturated heterocycles. The summed E-state index contributed by atoms with van der Waals surface area (Å²) in [5.74, 6) is 0.898. The minimum Gasteiger partial charge on any atom is -0.491 e. The van der Waals surface area contributed by atoms with Gasteiger partial charge in [0.15, 0.2) is 0 Å². The Kier molecular flexibility index (Phi) is 5.26. The highest BCUT2D eigenvalue weighted by Crippen LogP contribution is 2.30. The molecule has 1 aromatic rings. The van der Waals surface area contributed by atoms with E-state index in [0.717, 1.165) is 24.5 Å². The first kappa shape index (κ1) is 15.1. The molecule has 1 fully saturated rings. The zero-order valence-corrected chi connectivity index (χ0v) is 12.8. The van der Waals surface area contributed by atoms with Crippen molar-refractivity contribution in [1.82, 2.24) is 0 Å². The van der Waals surface area contributed by atoms with Crippen molar-refractivity contribution in [2.45, 2.75) is 51.5 Å². The maximum absolute atomic E-state index is 5.63. The van der Waals surface area contributed by atoms with E-state index in [1.165, 1.54) is 0 Å². The van der Waals surface area contributed by atoms with Gasteiger partial charge in [0.25, 0.3) is 0 Å². The second kappa shape index (κ2) is 6.95.